The predicted octanol–water partition coefficient (Wildman–Crippen LogP) is 2.36. The van der Waals surface area contributed by atoms with Crippen LogP contribution in [0.1, 0.15) is 51.4 Å². The van der Waals surface area contributed by atoms with Gasteiger partial charge in [-0.05, 0) is 74.2 Å². The average Bonchev–Trinajstić information content (AvgIpc) is 3.04. The first-order valence-corrected chi connectivity index (χ1v) is 9.55. The molecule has 1 amide bonds. The molecule has 0 aromatic carbocycles. The largest absolute Gasteiger partial charge is 0.391 e. The average molecular weight is 331 g/mol. The van der Waals surface area contributed by atoms with Gasteiger partial charge in [0.1, 0.15) is 0 Å². The molecule has 1 aromatic heterocycles. The second kappa shape index (κ2) is 6.51. The highest BCUT2D eigenvalue weighted by molar-refractivity contribution is 5.75. The normalized spacial score (nSPS) is 35.1. The molecule has 0 spiro atoms. The van der Waals surface area contributed by atoms with Crippen molar-refractivity contribution in [3.63, 3.8) is 0 Å². The maximum atomic E-state index is 12.1. The van der Waals surface area contributed by atoms with E-state index in [1.54, 1.807) is 6.20 Å². The number of rotatable bonds is 7. The molecule has 5 rings (SSSR count). The molecule has 4 aliphatic carbocycles. The van der Waals surface area contributed by atoms with Gasteiger partial charge in [-0.1, -0.05) is 0 Å². The summed E-state index contributed by atoms with van der Waals surface area (Å²) in [4.78, 5) is 12.1. The molecule has 2 N–H and O–H groups in total. The van der Waals surface area contributed by atoms with Gasteiger partial charge in [0.2, 0.25) is 5.91 Å². The zero-order valence-electron chi connectivity index (χ0n) is 14.4. The first-order chi connectivity index (χ1) is 11.6. The monoisotopic (exact) mass is 331 g/mol. The SMILES string of the molecule is O=C(CCCn1cccn1)NCC(O)C12CC3CC(CC(C3)C1)C2. The van der Waals surface area contributed by atoms with E-state index in [1.807, 2.05) is 16.9 Å². The van der Waals surface area contributed by atoms with Crippen LogP contribution in [0.25, 0.3) is 0 Å². The molecule has 4 saturated carbocycles. The van der Waals surface area contributed by atoms with Gasteiger partial charge in [-0.25, -0.2) is 0 Å². The Bertz CT molecular complexity index is 534. The summed E-state index contributed by atoms with van der Waals surface area (Å²) in [6.07, 6.45) is 12.2. The molecule has 132 valence electrons. The lowest BCUT2D eigenvalue weighted by Crippen LogP contribution is -2.54. The standard InChI is InChI=1S/C19H29N3O2/c23-17(13-20-18(24)3-1-5-22-6-2-4-21-22)19-10-14-7-15(11-19)9-16(8-14)12-19/h2,4,6,14-17,23H,1,3,5,7-13H2,(H,20,24). The minimum absolute atomic E-state index is 0.0472. The molecule has 4 aliphatic rings. The fourth-order valence-electron chi connectivity index (χ4n) is 5.94. The first-order valence-electron chi connectivity index (χ1n) is 9.55. The number of aromatic nitrogens is 2. The molecular weight excluding hydrogens is 302 g/mol. The number of carbonyl (C=O) groups is 1. The molecule has 1 heterocycles. The summed E-state index contributed by atoms with van der Waals surface area (Å²) >= 11 is 0. The maximum Gasteiger partial charge on any atom is 0.220 e. The van der Waals surface area contributed by atoms with Crippen molar-refractivity contribution in [2.24, 2.45) is 23.2 Å². The van der Waals surface area contributed by atoms with E-state index < -0.39 is 0 Å². The lowest BCUT2D eigenvalue weighted by molar-refractivity contribution is -0.129. The third kappa shape index (κ3) is 3.23. The zero-order chi connectivity index (χ0) is 16.6. The van der Waals surface area contributed by atoms with Crippen LogP contribution in [-0.2, 0) is 11.3 Å². The summed E-state index contributed by atoms with van der Waals surface area (Å²) in [5.41, 5.74) is 0.0943. The molecule has 0 saturated heterocycles. The van der Waals surface area contributed by atoms with Gasteiger partial charge in [0.05, 0.1) is 6.10 Å². The molecule has 0 aliphatic heterocycles. The molecule has 5 heteroatoms. The minimum atomic E-state index is -0.374. The highest BCUT2D eigenvalue weighted by atomic mass is 16.3. The van der Waals surface area contributed by atoms with Crippen LogP contribution in [0.4, 0.5) is 0 Å². The minimum Gasteiger partial charge on any atom is -0.391 e. The number of amides is 1. The second-order valence-electron chi connectivity index (χ2n) is 8.47. The number of nitrogens with zero attached hydrogens (tertiary/aromatic N) is 2. The van der Waals surface area contributed by atoms with Crippen molar-refractivity contribution in [2.45, 2.75) is 64.0 Å². The van der Waals surface area contributed by atoms with Crippen molar-refractivity contribution in [1.82, 2.24) is 15.1 Å². The molecule has 4 fully saturated rings. The Morgan fingerprint density at radius 2 is 1.92 bits per heavy atom. The third-order valence-electron chi connectivity index (χ3n) is 6.64. The van der Waals surface area contributed by atoms with E-state index in [0.29, 0.717) is 13.0 Å². The van der Waals surface area contributed by atoms with Crippen molar-refractivity contribution >= 4 is 5.91 Å². The van der Waals surface area contributed by atoms with E-state index >= 15 is 0 Å². The summed E-state index contributed by atoms with van der Waals surface area (Å²) in [5, 5.41) is 17.9. The summed E-state index contributed by atoms with van der Waals surface area (Å²) in [6, 6.07) is 1.89. The fourth-order valence-corrected chi connectivity index (χ4v) is 5.94. The Kier molecular flexibility index (Phi) is 4.37. The quantitative estimate of drug-likeness (QED) is 0.806. The first kappa shape index (κ1) is 16.1. The van der Waals surface area contributed by atoms with E-state index in [9.17, 15) is 9.90 Å². The van der Waals surface area contributed by atoms with Crippen LogP contribution in [0.5, 0.6) is 0 Å². The van der Waals surface area contributed by atoms with Crippen LogP contribution in [0.3, 0.4) is 0 Å². The molecule has 0 radical (unpaired) electrons. The topological polar surface area (TPSA) is 67.2 Å². The van der Waals surface area contributed by atoms with E-state index in [2.05, 4.69) is 10.4 Å². The Morgan fingerprint density at radius 3 is 2.50 bits per heavy atom. The van der Waals surface area contributed by atoms with Crippen LogP contribution < -0.4 is 5.32 Å². The number of carbonyl (C=O) groups excluding carboxylic acids is 1. The van der Waals surface area contributed by atoms with Crippen molar-refractivity contribution in [3.8, 4) is 0 Å². The van der Waals surface area contributed by atoms with Gasteiger partial charge in [-0.2, -0.15) is 5.10 Å². The summed E-state index contributed by atoms with van der Waals surface area (Å²) in [5.74, 6) is 2.54. The molecule has 1 unspecified atom stereocenters. The van der Waals surface area contributed by atoms with Gasteiger partial charge in [-0.15, -0.1) is 0 Å². The molecule has 1 aromatic rings. The van der Waals surface area contributed by atoms with Crippen molar-refractivity contribution in [2.75, 3.05) is 6.54 Å². The van der Waals surface area contributed by atoms with Crippen LogP contribution >= 0.6 is 0 Å². The number of nitrogens with one attached hydrogen (secondary N) is 1. The van der Waals surface area contributed by atoms with Crippen molar-refractivity contribution in [3.05, 3.63) is 18.5 Å². The third-order valence-corrected chi connectivity index (χ3v) is 6.64. The predicted molar refractivity (Wildman–Crippen MR) is 91.1 cm³/mol. The highest BCUT2D eigenvalue weighted by Gasteiger charge is 2.53. The fraction of sp³-hybridized carbons (Fsp3) is 0.789. The van der Waals surface area contributed by atoms with Crippen molar-refractivity contribution in [1.29, 1.82) is 0 Å². The number of aliphatic hydroxyl groups excluding tert-OH is 1. The van der Waals surface area contributed by atoms with Gasteiger partial charge in [-0.3, -0.25) is 9.48 Å². The maximum absolute atomic E-state index is 12.1. The molecule has 1 atom stereocenters. The summed E-state index contributed by atoms with van der Waals surface area (Å²) in [7, 11) is 0. The summed E-state index contributed by atoms with van der Waals surface area (Å²) in [6.45, 7) is 1.19. The van der Waals surface area contributed by atoms with E-state index in [-0.39, 0.29) is 17.4 Å². The Balaban J connectivity index is 1.23. The van der Waals surface area contributed by atoms with Crippen molar-refractivity contribution < 1.29 is 9.90 Å². The Morgan fingerprint density at radius 1 is 1.25 bits per heavy atom. The van der Waals surface area contributed by atoms with E-state index in [0.717, 1.165) is 30.7 Å². The van der Waals surface area contributed by atoms with Crippen LogP contribution in [0.2, 0.25) is 0 Å². The van der Waals surface area contributed by atoms with Gasteiger partial charge in [0, 0.05) is 31.9 Å². The lowest BCUT2D eigenvalue weighted by atomic mass is 9.48. The molecule has 24 heavy (non-hydrogen) atoms. The van der Waals surface area contributed by atoms with E-state index in [1.165, 1.54) is 38.5 Å². The second-order valence-corrected chi connectivity index (χ2v) is 8.47. The number of hydrogen-bond acceptors (Lipinski definition) is 3. The number of hydrogen-bond donors (Lipinski definition) is 2. The summed E-state index contributed by atoms with van der Waals surface area (Å²) < 4.78 is 1.84. The van der Waals surface area contributed by atoms with Crippen LogP contribution in [-0.4, -0.2) is 33.4 Å². The zero-order valence-corrected chi connectivity index (χ0v) is 14.4. The van der Waals surface area contributed by atoms with Gasteiger partial charge >= 0.3 is 0 Å². The number of aryl methyl sites for hydroxylation is 1. The van der Waals surface area contributed by atoms with Crippen LogP contribution in [0, 0.1) is 23.2 Å². The van der Waals surface area contributed by atoms with Gasteiger partial charge in [0.25, 0.3) is 0 Å². The van der Waals surface area contributed by atoms with Gasteiger partial charge < -0.3 is 10.4 Å². The Hall–Kier alpha value is -1.36. The highest BCUT2D eigenvalue weighted by Crippen LogP contribution is 2.61. The number of aliphatic hydroxyl groups is 1. The Labute approximate surface area is 143 Å². The molecule has 4 bridgehead atoms. The van der Waals surface area contributed by atoms with Crippen LogP contribution in [0.15, 0.2) is 18.5 Å². The molecular formula is C19H29N3O2. The van der Waals surface area contributed by atoms with Gasteiger partial charge in [0.15, 0.2) is 0 Å². The lowest BCUT2D eigenvalue weighted by Gasteiger charge is -2.58. The smallest absolute Gasteiger partial charge is 0.220 e. The van der Waals surface area contributed by atoms with E-state index in [4.69, 9.17) is 0 Å². The molecule has 5 nitrogen and oxygen atoms in total.